The Balaban J connectivity index is 2.12. The Labute approximate surface area is 121 Å². The average Bonchev–Trinajstić information content (AvgIpc) is 2.47. The van der Waals surface area contributed by atoms with E-state index in [4.69, 9.17) is 9.47 Å². The summed E-state index contributed by atoms with van der Waals surface area (Å²) in [6.07, 6.45) is 4.74. The molecule has 1 aromatic rings. The van der Waals surface area contributed by atoms with Gasteiger partial charge in [-0.15, -0.1) is 0 Å². The van der Waals surface area contributed by atoms with Crippen LogP contribution in [-0.2, 0) is 9.47 Å². The highest BCUT2D eigenvalue weighted by atomic mass is 16.5. The van der Waals surface area contributed by atoms with Gasteiger partial charge in [0, 0.05) is 26.1 Å². The molecule has 0 aliphatic heterocycles. The molecule has 0 atom stereocenters. The molecule has 20 heavy (non-hydrogen) atoms. The van der Waals surface area contributed by atoms with Crippen LogP contribution in [0.1, 0.15) is 24.5 Å². The van der Waals surface area contributed by atoms with Crippen molar-refractivity contribution in [3.05, 3.63) is 35.4 Å². The maximum Gasteiger partial charge on any atom is 0.0701 e. The number of ether oxygens (including phenoxy) is 2. The molecule has 4 heteroatoms. The summed E-state index contributed by atoms with van der Waals surface area (Å²) in [5.41, 5.74) is 2.18. The largest absolute Gasteiger partial charge is 0.379 e. The molecular formula is C16H24N2O2. The molecule has 0 unspecified atom stereocenters. The van der Waals surface area contributed by atoms with Crippen LogP contribution in [-0.4, -0.2) is 52.4 Å². The quantitative estimate of drug-likeness (QED) is 0.487. The Bertz CT molecular complexity index is 399. The number of nitrogens with zero attached hydrogens (tertiary/aromatic N) is 2. The predicted octanol–water partition coefficient (Wildman–Crippen LogP) is 2.60. The zero-order valence-electron chi connectivity index (χ0n) is 12.4. The van der Waals surface area contributed by atoms with E-state index in [9.17, 15) is 0 Å². The summed E-state index contributed by atoms with van der Waals surface area (Å²) in [5.74, 6) is 0. The molecule has 0 aliphatic carbocycles. The predicted molar refractivity (Wildman–Crippen MR) is 84.4 cm³/mol. The Morgan fingerprint density at radius 1 is 0.900 bits per heavy atom. The number of benzene rings is 1. The first kappa shape index (κ1) is 16.5. The monoisotopic (exact) mass is 276 g/mol. The minimum atomic E-state index is 0.632. The third-order valence-electron chi connectivity index (χ3n) is 2.54. The van der Waals surface area contributed by atoms with E-state index in [1.807, 2.05) is 36.7 Å². The third-order valence-corrected chi connectivity index (χ3v) is 2.54. The zero-order valence-corrected chi connectivity index (χ0v) is 12.4. The molecule has 0 bridgehead atoms. The van der Waals surface area contributed by atoms with Crippen molar-refractivity contribution in [1.82, 2.24) is 0 Å². The first-order chi connectivity index (χ1) is 9.86. The molecule has 1 rings (SSSR count). The second kappa shape index (κ2) is 11.3. The highest BCUT2D eigenvalue weighted by molar-refractivity contribution is 5.83. The summed E-state index contributed by atoms with van der Waals surface area (Å²) in [6, 6.07) is 8.10. The van der Waals surface area contributed by atoms with Crippen LogP contribution in [0.5, 0.6) is 0 Å². The van der Waals surface area contributed by atoms with Gasteiger partial charge in [0.05, 0.1) is 26.4 Å². The molecule has 0 N–H and O–H groups in total. The van der Waals surface area contributed by atoms with Gasteiger partial charge in [0.15, 0.2) is 0 Å². The van der Waals surface area contributed by atoms with Crippen molar-refractivity contribution in [3.8, 4) is 0 Å². The van der Waals surface area contributed by atoms with Gasteiger partial charge >= 0.3 is 0 Å². The van der Waals surface area contributed by atoms with Crippen LogP contribution in [0, 0.1) is 0 Å². The van der Waals surface area contributed by atoms with Crippen molar-refractivity contribution in [2.45, 2.75) is 13.3 Å². The fourth-order valence-electron chi connectivity index (χ4n) is 1.57. The lowest BCUT2D eigenvalue weighted by Gasteiger charge is -2.03. The number of hydrogen-bond donors (Lipinski definition) is 0. The normalized spacial score (nSPS) is 11.7. The zero-order chi connectivity index (χ0) is 14.5. The minimum Gasteiger partial charge on any atom is -0.379 e. The summed E-state index contributed by atoms with van der Waals surface area (Å²) < 4.78 is 10.7. The van der Waals surface area contributed by atoms with Crippen molar-refractivity contribution in [1.29, 1.82) is 0 Å². The van der Waals surface area contributed by atoms with Crippen molar-refractivity contribution in [3.63, 3.8) is 0 Å². The fraction of sp³-hybridized carbons (Fsp3) is 0.500. The molecule has 0 saturated carbocycles. The molecule has 0 aliphatic rings. The van der Waals surface area contributed by atoms with Gasteiger partial charge in [-0.3, -0.25) is 9.98 Å². The topological polar surface area (TPSA) is 43.2 Å². The van der Waals surface area contributed by atoms with Crippen molar-refractivity contribution in [2.24, 2.45) is 9.98 Å². The van der Waals surface area contributed by atoms with Gasteiger partial charge in [-0.2, -0.15) is 0 Å². The van der Waals surface area contributed by atoms with E-state index >= 15 is 0 Å². The van der Waals surface area contributed by atoms with Crippen LogP contribution < -0.4 is 0 Å². The third kappa shape index (κ3) is 7.81. The van der Waals surface area contributed by atoms with E-state index in [0.29, 0.717) is 26.4 Å². The molecule has 0 heterocycles. The molecule has 0 radical (unpaired) electrons. The highest BCUT2D eigenvalue weighted by Gasteiger charge is 1.90. The van der Waals surface area contributed by atoms with E-state index < -0.39 is 0 Å². The van der Waals surface area contributed by atoms with E-state index in [1.54, 1.807) is 7.05 Å². The van der Waals surface area contributed by atoms with Crippen molar-refractivity contribution < 1.29 is 9.47 Å². The van der Waals surface area contributed by atoms with E-state index in [1.165, 1.54) is 0 Å². The molecule has 0 fully saturated rings. The van der Waals surface area contributed by atoms with Gasteiger partial charge in [-0.05, 0) is 17.5 Å². The van der Waals surface area contributed by atoms with Crippen LogP contribution in [0.2, 0.25) is 0 Å². The Morgan fingerprint density at radius 3 is 2.10 bits per heavy atom. The summed E-state index contributed by atoms with van der Waals surface area (Å²) in [5, 5.41) is 0. The highest BCUT2D eigenvalue weighted by Crippen LogP contribution is 2.00. The molecule has 4 nitrogen and oxygen atoms in total. The lowest BCUT2D eigenvalue weighted by atomic mass is 10.2. The van der Waals surface area contributed by atoms with Gasteiger partial charge in [-0.25, -0.2) is 0 Å². The molecule has 0 amide bonds. The molecule has 110 valence electrons. The second-order valence-corrected chi connectivity index (χ2v) is 4.31. The first-order valence-electron chi connectivity index (χ1n) is 7.04. The number of aliphatic imine (C=N–C) groups is 2. The molecule has 0 spiro atoms. The molecule has 1 aromatic carbocycles. The molecule has 0 saturated heterocycles. The average molecular weight is 276 g/mol. The van der Waals surface area contributed by atoms with Crippen LogP contribution >= 0.6 is 0 Å². The summed E-state index contributed by atoms with van der Waals surface area (Å²) in [7, 11) is 1.77. The molecule has 0 aromatic heterocycles. The maximum absolute atomic E-state index is 5.41. The van der Waals surface area contributed by atoms with Crippen LogP contribution in [0.25, 0.3) is 0 Å². The van der Waals surface area contributed by atoms with E-state index in [-0.39, 0.29) is 0 Å². The Hall–Kier alpha value is -1.52. The van der Waals surface area contributed by atoms with Crippen LogP contribution in [0.4, 0.5) is 0 Å². The number of rotatable bonds is 10. The van der Waals surface area contributed by atoms with E-state index in [2.05, 4.69) is 16.9 Å². The molecular weight excluding hydrogens is 252 g/mol. The van der Waals surface area contributed by atoms with Gasteiger partial charge in [0.2, 0.25) is 0 Å². The summed E-state index contributed by atoms with van der Waals surface area (Å²) in [6.45, 7) is 5.51. The standard InChI is InChI=1S/C16H24N2O2/c1-3-9-19-11-12-20-10-8-18-14-16-6-4-15(5-7-16)13-17-2/h4-7,13-14H,3,8-12H2,1-2H3. The lowest BCUT2D eigenvalue weighted by molar-refractivity contribution is 0.0511. The van der Waals surface area contributed by atoms with E-state index in [0.717, 1.165) is 24.2 Å². The number of hydrogen-bond acceptors (Lipinski definition) is 4. The van der Waals surface area contributed by atoms with Gasteiger partial charge in [0.25, 0.3) is 0 Å². The van der Waals surface area contributed by atoms with Crippen LogP contribution in [0.3, 0.4) is 0 Å². The lowest BCUT2D eigenvalue weighted by Crippen LogP contribution is -2.07. The van der Waals surface area contributed by atoms with Gasteiger partial charge in [-0.1, -0.05) is 31.2 Å². The smallest absolute Gasteiger partial charge is 0.0701 e. The Morgan fingerprint density at radius 2 is 1.50 bits per heavy atom. The maximum atomic E-state index is 5.41. The SMILES string of the molecule is CCCOCCOCCN=Cc1ccc(C=NC)cc1. The summed E-state index contributed by atoms with van der Waals surface area (Å²) in [4.78, 5) is 8.30. The fourth-order valence-corrected chi connectivity index (χ4v) is 1.57. The first-order valence-corrected chi connectivity index (χ1v) is 7.04. The van der Waals surface area contributed by atoms with Crippen LogP contribution in [0.15, 0.2) is 34.3 Å². The van der Waals surface area contributed by atoms with Crippen molar-refractivity contribution in [2.75, 3.05) is 40.0 Å². The minimum absolute atomic E-state index is 0.632. The Kier molecular flexibility index (Phi) is 9.36. The van der Waals surface area contributed by atoms with Crippen molar-refractivity contribution >= 4 is 12.4 Å². The van der Waals surface area contributed by atoms with Gasteiger partial charge < -0.3 is 9.47 Å². The second-order valence-electron chi connectivity index (χ2n) is 4.31. The van der Waals surface area contributed by atoms with Gasteiger partial charge in [0.1, 0.15) is 0 Å². The summed E-state index contributed by atoms with van der Waals surface area (Å²) >= 11 is 0.